The molecule has 0 saturated carbocycles. The highest BCUT2D eigenvalue weighted by Gasteiger charge is 1.89. The monoisotopic (exact) mass is 170 g/mol. The first kappa shape index (κ1) is 9.28. The fourth-order valence-corrected chi connectivity index (χ4v) is 0.944. The van der Waals surface area contributed by atoms with Crippen LogP contribution in [-0.2, 0) is 4.79 Å². The van der Waals surface area contributed by atoms with E-state index in [4.69, 9.17) is 0 Å². The van der Waals surface area contributed by atoms with E-state index in [1.165, 1.54) is 6.08 Å². The second kappa shape index (κ2) is 4.95. The maximum absolute atomic E-state index is 9.96. The summed E-state index contributed by atoms with van der Waals surface area (Å²) in [5.41, 5.74) is 7.60. The first-order chi connectivity index (χ1) is 6.34. The molecule has 13 heavy (non-hydrogen) atoms. The van der Waals surface area contributed by atoms with Crippen molar-refractivity contribution in [3.63, 3.8) is 0 Å². The summed E-state index contributed by atoms with van der Waals surface area (Å²) in [6.45, 7) is 1.93. The number of carbonyl (C=O) groups is 1. The number of rotatable bonds is 2. The third-order valence-electron chi connectivity index (χ3n) is 1.62. The number of benzene rings is 1. The van der Waals surface area contributed by atoms with E-state index in [2.05, 4.69) is 11.5 Å². The standard InChI is InChI=1S/C12H10O/c1-11(7-5-6-10-13)12-8-3-2-4-9-12/h2-4,6,8-10H,1H3. The van der Waals surface area contributed by atoms with Gasteiger partial charge in [0.25, 0.3) is 0 Å². The quantitative estimate of drug-likeness (QED) is 0.379. The number of aldehydes is 1. The summed E-state index contributed by atoms with van der Waals surface area (Å²) in [7, 11) is 0. The van der Waals surface area contributed by atoms with Gasteiger partial charge in [-0.1, -0.05) is 41.8 Å². The highest BCUT2D eigenvalue weighted by atomic mass is 16.1. The van der Waals surface area contributed by atoms with Crippen molar-refractivity contribution in [1.82, 2.24) is 0 Å². The smallest absolute Gasteiger partial charge is 0.151 e. The molecular weight excluding hydrogens is 160 g/mol. The van der Waals surface area contributed by atoms with Gasteiger partial charge in [-0.2, -0.15) is 0 Å². The first-order valence-corrected chi connectivity index (χ1v) is 4.02. The Kier molecular flexibility index (Phi) is 3.53. The lowest BCUT2D eigenvalue weighted by Gasteiger charge is -1.94. The summed E-state index contributed by atoms with van der Waals surface area (Å²) < 4.78 is 0. The highest BCUT2D eigenvalue weighted by molar-refractivity contribution is 5.66. The maximum atomic E-state index is 9.96. The summed E-state index contributed by atoms with van der Waals surface area (Å²) in [5, 5.41) is 0. The molecule has 0 fully saturated rings. The van der Waals surface area contributed by atoms with Crippen LogP contribution in [0.25, 0.3) is 5.57 Å². The van der Waals surface area contributed by atoms with E-state index in [9.17, 15) is 4.79 Å². The Morgan fingerprint density at radius 3 is 2.62 bits per heavy atom. The molecule has 0 saturated heterocycles. The van der Waals surface area contributed by atoms with Gasteiger partial charge in [-0.25, -0.2) is 0 Å². The van der Waals surface area contributed by atoms with Gasteiger partial charge in [0.15, 0.2) is 6.29 Å². The molecule has 0 N–H and O–H groups in total. The van der Waals surface area contributed by atoms with Crippen molar-refractivity contribution in [3.05, 3.63) is 53.4 Å². The molecule has 1 rings (SSSR count). The van der Waals surface area contributed by atoms with Crippen LogP contribution in [-0.4, -0.2) is 6.29 Å². The van der Waals surface area contributed by atoms with Crippen LogP contribution in [0.15, 0.2) is 47.9 Å². The van der Waals surface area contributed by atoms with Gasteiger partial charge in [0.05, 0.1) is 0 Å². The van der Waals surface area contributed by atoms with Crippen LogP contribution in [0.2, 0.25) is 0 Å². The van der Waals surface area contributed by atoms with E-state index < -0.39 is 0 Å². The topological polar surface area (TPSA) is 17.1 Å². The normalized spacial score (nSPS) is 8.08. The van der Waals surface area contributed by atoms with Crippen LogP contribution in [0.1, 0.15) is 12.5 Å². The summed E-state index contributed by atoms with van der Waals surface area (Å²) in [6, 6.07) is 9.87. The molecule has 1 aromatic carbocycles. The second-order valence-corrected chi connectivity index (χ2v) is 2.56. The number of hydrogen-bond donors (Lipinski definition) is 0. The third kappa shape index (κ3) is 2.96. The van der Waals surface area contributed by atoms with Crippen molar-refractivity contribution in [2.24, 2.45) is 0 Å². The highest BCUT2D eigenvalue weighted by Crippen LogP contribution is 2.09. The summed E-state index contributed by atoms with van der Waals surface area (Å²) in [5.74, 6) is 0. The Hall–Kier alpha value is -1.81. The SMILES string of the molecule is CC(=C=C=CC=O)c1ccccc1. The van der Waals surface area contributed by atoms with Crippen LogP contribution in [0.5, 0.6) is 0 Å². The van der Waals surface area contributed by atoms with Crippen molar-refractivity contribution >= 4 is 11.9 Å². The zero-order valence-corrected chi connectivity index (χ0v) is 7.45. The number of hydrogen-bond acceptors (Lipinski definition) is 1. The Bertz CT molecular complexity index is 375. The van der Waals surface area contributed by atoms with Crippen molar-refractivity contribution < 1.29 is 4.79 Å². The van der Waals surface area contributed by atoms with E-state index in [1.54, 1.807) is 0 Å². The van der Waals surface area contributed by atoms with Crippen molar-refractivity contribution in [2.45, 2.75) is 6.92 Å². The molecule has 1 nitrogen and oxygen atoms in total. The summed E-state index contributed by atoms with van der Waals surface area (Å²) in [4.78, 5) is 9.96. The molecule has 0 aliphatic carbocycles. The van der Waals surface area contributed by atoms with Crippen LogP contribution in [0.3, 0.4) is 0 Å². The Morgan fingerprint density at radius 1 is 1.31 bits per heavy atom. The minimum Gasteiger partial charge on any atom is -0.298 e. The average molecular weight is 170 g/mol. The molecule has 0 spiro atoms. The Morgan fingerprint density at radius 2 is 2.00 bits per heavy atom. The average Bonchev–Trinajstić information content (AvgIpc) is 2.19. The molecule has 0 radical (unpaired) electrons. The second-order valence-electron chi connectivity index (χ2n) is 2.56. The largest absolute Gasteiger partial charge is 0.298 e. The maximum Gasteiger partial charge on any atom is 0.151 e. The van der Waals surface area contributed by atoms with Crippen LogP contribution < -0.4 is 0 Å². The number of carbonyl (C=O) groups excluding carboxylic acids is 1. The molecule has 0 amide bonds. The van der Waals surface area contributed by atoms with E-state index in [1.807, 2.05) is 37.3 Å². The van der Waals surface area contributed by atoms with E-state index in [0.29, 0.717) is 6.29 Å². The summed E-state index contributed by atoms with van der Waals surface area (Å²) in [6.07, 6.45) is 1.98. The molecule has 0 heterocycles. The van der Waals surface area contributed by atoms with Gasteiger partial charge in [-0.05, 0) is 12.5 Å². The zero-order valence-electron chi connectivity index (χ0n) is 7.45. The lowest BCUT2D eigenvalue weighted by Crippen LogP contribution is -1.74. The van der Waals surface area contributed by atoms with Gasteiger partial charge < -0.3 is 0 Å². The van der Waals surface area contributed by atoms with Crippen LogP contribution in [0.4, 0.5) is 0 Å². The predicted octanol–water partition coefficient (Wildman–Crippen LogP) is 2.60. The molecule has 1 aromatic rings. The van der Waals surface area contributed by atoms with Crippen molar-refractivity contribution in [2.75, 3.05) is 0 Å². The van der Waals surface area contributed by atoms with Gasteiger partial charge in [0.2, 0.25) is 0 Å². The fraction of sp³-hybridized carbons (Fsp3) is 0.0833. The summed E-state index contributed by atoms with van der Waals surface area (Å²) >= 11 is 0. The van der Waals surface area contributed by atoms with Gasteiger partial charge in [0, 0.05) is 11.6 Å². The van der Waals surface area contributed by atoms with Crippen LogP contribution in [0, 0.1) is 0 Å². The van der Waals surface area contributed by atoms with Gasteiger partial charge >= 0.3 is 0 Å². The first-order valence-electron chi connectivity index (χ1n) is 4.02. The van der Waals surface area contributed by atoms with E-state index in [0.717, 1.165) is 11.1 Å². The minimum absolute atomic E-state index is 0.686. The molecule has 0 bridgehead atoms. The third-order valence-corrected chi connectivity index (χ3v) is 1.62. The molecule has 0 aromatic heterocycles. The molecule has 0 unspecified atom stereocenters. The molecule has 64 valence electrons. The lowest BCUT2D eigenvalue weighted by molar-refractivity contribution is -0.104. The van der Waals surface area contributed by atoms with Crippen molar-refractivity contribution in [3.8, 4) is 0 Å². The Balaban J connectivity index is 3.05. The molecular formula is C12H10O. The van der Waals surface area contributed by atoms with Gasteiger partial charge in [0.1, 0.15) is 0 Å². The lowest BCUT2D eigenvalue weighted by atomic mass is 10.1. The van der Waals surface area contributed by atoms with E-state index >= 15 is 0 Å². The zero-order chi connectivity index (χ0) is 9.52. The van der Waals surface area contributed by atoms with Gasteiger partial charge in [-0.15, -0.1) is 0 Å². The van der Waals surface area contributed by atoms with E-state index in [-0.39, 0.29) is 0 Å². The molecule has 0 aliphatic heterocycles. The minimum atomic E-state index is 0.686. The Labute approximate surface area is 77.7 Å². The molecule has 1 heteroatoms. The number of allylic oxidation sites excluding steroid dienone is 2. The molecule has 0 atom stereocenters. The molecule has 0 aliphatic rings. The van der Waals surface area contributed by atoms with Crippen LogP contribution >= 0.6 is 0 Å². The predicted molar refractivity (Wildman–Crippen MR) is 53.2 cm³/mol. The van der Waals surface area contributed by atoms with Crippen molar-refractivity contribution in [1.29, 1.82) is 0 Å². The fourth-order valence-electron chi connectivity index (χ4n) is 0.944. The van der Waals surface area contributed by atoms with Gasteiger partial charge in [-0.3, -0.25) is 4.79 Å².